The van der Waals surface area contributed by atoms with Gasteiger partial charge in [0.15, 0.2) is 0 Å². The second-order valence-corrected chi connectivity index (χ2v) is 4.99. The van der Waals surface area contributed by atoms with Crippen LogP contribution in [0, 0.1) is 0 Å². The molecule has 0 unspecified atom stereocenters. The Kier molecular flexibility index (Phi) is 6.15. The Balaban J connectivity index is 3.00. The molecule has 100 valence electrons. The number of carbonyl (C=O) groups excluding carboxylic acids is 1. The van der Waals surface area contributed by atoms with Crippen LogP contribution in [0.2, 0.25) is 0 Å². The lowest BCUT2D eigenvalue weighted by Gasteiger charge is -2.26. The molecule has 0 saturated carbocycles. The van der Waals surface area contributed by atoms with Crippen molar-refractivity contribution in [3.05, 3.63) is 28.2 Å². The molecule has 0 aromatic heterocycles. The van der Waals surface area contributed by atoms with E-state index in [-0.39, 0.29) is 5.91 Å². The maximum Gasteiger partial charge on any atom is 0.239 e. The second-order valence-electron chi connectivity index (χ2n) is 4.07. The monoisotopic (exact) mass is 313 g/mol. The van der Waals surface area contributed by atoms with E-state index in [4.69, 9.17) is 5.73 Å². The average Bonchev–Trinajstić information content (AvgIpc) is 2.37. The molecule has 0 heterocycles. The Bertz CT molecular complexity index is 409. The van der Waals surface area contributed by atoms with Crippen LogP contribution in [-0.2, 0) is 11.3 Å². The summed E-state index contributed by atoms with van der Waals surface area (Å²) in [6.45, 7) is 3.75. The molecule has 5 heteroatoms. The summed E-state index contributed by atoms with van der Waals surface area (Å²) >= 11 is 3.44. The van der Waals surface area contributed by atoms with E-state index in [1.54, 1.807) is 7.05 Å². The molecule has 18 heavy (non-hydrogen) atoms. The molecule has 0 atom stereocenters. The highest BCUT2D eigenvalue weighted by molar-refractivity contribution is 9.10. The Hall–Kier alpha value is -1.07. The van der Waals surface area contributed by atoms with Gasteiger partial charge < -0.3 is 16.0 Å². The van der Waals surface area contributed by atoms with Gasteiger partial charge >= 0.3 is 0 Å². The quantitative estimate of drug-likeness (QED) is 0.843. The molecular weight excluding hydrogens is 294 g/mol. The normalized spacial score (nSPS) is 10.2. The summed E-state index contributed by atoms with van der Waals surface area (Å²) in [5, 5.41) is 2.65. The summed E-state index contributed by atoms with van der Waals surface area (Å²) in [5.74, 6) is 0.00865. The lowest BCUT2D eigenvalue weighted by molar-refractivity contribution is -0.119. The van der Waals surface area contributed by atoms with Gasteiger partial charge in [-0.2, -0.15) is 0 Å². The lowest BCUT2D eigenvalue weighted by atomic mass is 10.1. The van der Waals surface area contributed by atoms with Crippen molar-refractivity contribution in [2.75, 3.05) is 25.0 Å². The highest BCUT2D eigenvalue weighted by Crippen LogP contribution is 2.24. The van der Waals surface area contributed by atoms with Crippen LogP contribution < -0.4 is 16.0 Å². The smallest absolute Gasteiger partial charge is 0.239 e. The summed E-state index contributed by atoms with van der Waals surface area (Å²) in [6, 6.07) is 5.98. The van der Waals surface area contributed by atoms with Crippen molar-refractivity contribution in [1.82, 2.24) is 5.32 Å². The van der Waals surface area contributed by atoms with E-state index in [1.807, 2.05) is 18.2 Å². The van der Waals surface area contributed by atoms with Gasteiger partial charge in [0.1, 0.15) is 0 Å². The Morgan fingerprint density at radius 3 is 2.78 bits per heavy atom. The minimum absolute atomic E-state index is 0.00865. The number of hydrogen-bond acceptors (Lipinski definition) is 3. The Morgan fingerprint density at radius 2 is 2.22 bits per heavy atom. The van der Waals surface area contributed by atoms with Crippen LogP contribution in [0.1, 0.15) is 18.9 Å². The number of carbonyl (C=O) groups is 1. The first-order valence-electron chi connectivity index (χ1n) is 6.06. The van der Waals surface area contributed by atoms with E-state index in [0.29, 0.717) is 13.1 Å². The van der Waals surface area contributed by atoms with Crippen LogP contribution in [-0.4, -0.2) is 26.0 Å². The van der Waals surface area contributed by atoms with E-state index in [2.05, 4.69) is 33.1 Å². The molecule has 0 fully saturated rings. The molecule has 0 aliphatic rings. The van der Waals surface area contributed by atoms with Gasteiger partial charge in [-0.05, 0) is 30.2 Å². The van der Waals surface area contributed by atoms with E-state index in [9.17, 15) is 4.79 Å². The standard InChI is InChI=1S/C13H20BrN3O/c1-3-6-17(9-13(18)16-2)12-5-4-11(14)7-10(12)8-15/h4-5,7H,3,6,8-9,15H2,1-2H3,(H,16,18). The number of hydrogen-bond donors (Lipinski definition) is 2. The van der Waals surface area contributed by atoms with Gasteiger partial charge in [0.05, 0.1) is 6.54 Å². The average molecular weight is 314 g/mol. The number of nitrogens with two attached hydrogens (primary N) is 1. The number of likely N-dealkylation sites (N-methyl/N-ethyl adjacent to an activating group) is 1. The van der Waals surface area contributed by atoms with Crippen molar-refractivity contribution in [3.8, 4) is 0 Å². The first kappa shape index (κ1) is 15.0. The number of anilines is 1. The fraction of sp³-hybridized carbons (Fsp3) is 0.462. The molecular formula is C13H20BrN3O. The fourth-order valence-corrected chi connectivity index (χ4v) is 2.24. The molecule has 1 aromatic rings. The first-order chi connectivity index (χ1) is 8.62. The fourth-order valence-electron chi connectivity index (χ4n) is 1.83. The number of nitrogens with zero attached hydrogens (tertiary/aromatic N) is 1. The Morgan fingerprint density at radius 1 is 1.50 bits per heavy atom. The summed E-state index contributed by atoms with van der Waals surface area (Å²) in [5.41, 5.74) is 7.85. The van der Waals surface area contributed by atoms with Crippen molar-refractivity contribution in [1.29, 1.82) is 0 Å². The third kappa shape index (κ3) is 3.99. The summed E-state index contributed by atoms with van der Waals surface area (Å²) in [6.07, 6.45) is 0.983. The molecule has 1 amide bonds. The van der Waals surface area contributed by atoms with Gasteiger partial charge in [-0.1, -0.05) is 22.9 Å². The number of nitrogens with one attached hydrogen (secondary N) is 1. The van der Waals surface area contributed by atoms with Crippen LogP contribution in [0.4, 0.5) is 5.69 Å². The van der Waals surface area contributed by atoms with Crippen LogP contribution in [0.5, 0.6) is 0 Å². The highest BCUT2D eigenvalue weighted by Gasteiger charge is 2.13. The van der Waals surface area contributed by atoms with Gasteiger partial charge in [0, 0.05) is 30.3 Å². The third-order valence-electron chi connectivity index (χ3n) is 2.71. The summed E-state index contributed by atoms with van der Waals surface area (Å²) in [4.78, 5) is 13.6. The lowest BCUT2D eigenvalue weighted by Crippen LogP contribution is -2.36. The van der Waals surface area contributed by atoms with Gasteiger partial charge in [-0.25, -0.2) is 0 Å². The zero-order chi connectivity index (χ0) is 13.5. The van der Waals surface area contributed by atoms with Crippen molar-refractivity contribution < 1.29 is 4.79 Å². The molecule has 0 bridgehead atoms. The SMILES string of the molecule is CCCN(CC(=O)NC)c1ccc(Br)cc1CN. The van der Waals surface area contributed by atoms with Crippen molar-refractivity contribution in [2.45, 2.75) is 19.9 Å². The van der Waals surface area contributed by atoms with Gasteiger partial charge in [0.2, 0.25) is 5.91 Å². The van der Waals surface area contributed by atoms with Gasteiger partial charge in [-0.3, -0.25) is 4.79 Å². The maximum absolute atomic E-state index is 11.5. The van der Waals surface area contributed by atoms with Crippen LogP contribution in [0.15, 0.2) is 22.7 Å². The first-order valence-corrected chi connectivity index (χ1v) is 6.85. The molecule has 1 aromatic carbocycles. The highest BCUT2D eigenvalue weighted by atomic mass is 79.9. The van der Waals surface area contributed by atoms with Crippen molar-refractivity contribution >= 4 is 27.5 Å². The van der Waals surface area contributed by atoms with Crippen molar-refractivity contribution in [2.24, 2.45) is 5.73 Å². The van der Waals surface area contributed by atoms with E-state index < -0.39 is 0 Å². The molecule has 0 radical (unpaired) electrons. The molecule has 0 aliphatic heterocycles. The third-order valence-corrected chi connectivity index (χ3v) is 3.20. The predicted molar refractivity (Wildman–Crippen MR) is 78.6 cm³/mol. The number of benzene rings is 1. The van der Waals surface area contributed by atoms with E-state index >= 15 is 0 Å². The topological polar surface area (TPSA) is 58.4 Å². The van der Waals surface area contributed by atoms with E-state index in [1.165, 1.54) is 0 Å². The Labute approximate surface area is 117 Å². The molecule has 1 rings (SSSR count). The number of amides is 1. The van der Waals surface area contributed by atoms with Crippen LogP contribution >= 0.6 is 15.9 Å². The van der Waals surface area contributed by atoms with Crippen LogP contribution in [0.3, 0.4) is 0 Å². The maximum atomic E-state index is 11.5. The van der Waals surface area contributed by atoms with Crippen LogP contribution in [0.25, 0.3) is 0 Å². The molecule has 0 saturated heterocycles. The minimum Gasteiger partial charge on any atom is -0.362 e. The molecule has 0 spiro atoms. The zero-order valence-electron chi connectivity index (χ0n) is 10.9. The largest absolute Gasteiger partial charge is 0.362 e. The molecule has 3 N–H and O–H groups in total. The van der Waals surface area contributed by atoms with Crippen molar-refractivity contribution in [3.63, 3.8) is 0 Å². The predicted octanol–water partition coefficient (Wildman–Crippen LogP) is 1.87. The van der Waals surface area contributed by atoms with Gasteiger partial charge in [0.25, 0.3) is 0 Å². The number of rotatable bonds is 6. The summed E-state index contributed by atoms with van der Waals surface area (Å²) in [7, 11) is 1.65. The second kappa shape index (κ2) is 7.38. The summed E-state index contributed by atoms with van der Waals surface area (Å²) < 4.78 is 1.00. The molecule has 4 nitrogen and oxygen atoms in total. The zero-order valence-corrected chi connectivity index (χ0v) is 12.5. The molecule has 0 aliphatic carbocycles. The minimum atomic E-state index is 0.00865. The van der Waals surface area contributed by atoms with E-state index in [0.717, 1.165) is 28.7 Å². The van der Waals surface area contributed by atoms with Gasteiger partial charge in [-0.15, -0.1) is 0 Å². The number of halogens is 1.